The Morgan fingerprint density at radius 2 is 2.07 bits per heavy atom. The average molecular weight is 201 g/mol. The smallest absolute Gasteiger partial charge is 0.0767 e. The first-order valence-electron chi connectivity index (χ1n) is 5.64. The summed E-state index contributed by atoms with van der Waals surface area (Å²) >= 11 is 0. The van der Waals surface area contributed by atoms with E-state index in [0.29, 0.717) is 12.1 Å². The highest BCUT2D eigenvalue weighted by Crippen LogP contribution is 2.23. The van der Waals surface area contributed by atoms with Crippen molar-refractivity contribution in [2.24, 2.45) is 0 Å². The summed E-state index contributed by atoms with van der Waals surface area (Å²) in [5.41, 5.74) is 0. The maximum atomic E-state index is 5.73. The van der Waals surface area contributed by atoms with Gasteiger partial charge in [0.2, 0.25) is 0 Å². The van der Waals surface area contributed by atoms with Gasteiger partial charge in [-0.2, -0.15) is 0 Å². The van der Waals surface area contributed by atoms with E-state index in [1.54, 1.807) is 0 Å². The van der Waals surface area contributed by atoms with Gasteiger partial charge >= 0.3 is 0 Å². The molecule has 0 amide bonds. The molecule has 0 radical (unpaired) electrons. The molecular weight excluding hydrogens is 178 g/mol. The van der Waals surface area contributed by atoms with E-state index in [4.69, 9.17) is 9.47 Å². The number of hydrogen-bond acceptors (Lipinski definition) is 3. The van der Waals surface area contributed by atoms with Crippen LogP contribution in [0.4, 0.5) is 0 Å². The van der Waals surface area contributed by atoms with E-state index in [9.17, 15) is 0 Å². The summed E-state index contributed by atoms with van der Waals surface area (Å²) in [4.78, 5) is 2.35. The van der Waals surface area contributed by atoms with E-state index in [1.165, 1.54) is 0 Å². The Labute approximate surface area is 87.4 Å². The van der Waals surface area contributed by atoms with Crippen LogP contribution in [0.5, 0.6) is 0 Å². The first kappa shape index (κ1) is 12.0. The van der Waals surface area contributed by atoms with E-state index in [-0.39, 0.29) is 6.10 Å². The number of hydrogen-bond donors (Lipinski definition) is 0. The van der Waals surface area contributed by atoms with Gasteiger partial charge in [0.05, 0.1) is 18.2 Å². The summed E-state index contributed by atoms with van der Waals surface area (Å²) in [6.07, 6.45) is 1.75. The largest absolute Gasteiger partial charge is 0.377 e. The van der Waals surface area contributed by atoms with Crippen molar-refractivity contribution in [3.63, 3.8) is 0 Å². The van der Waals surface area contributed by atoms with Gasteiger partial charge in [0.15, 0.2) is 0 Å². The van der Waals surface area contributed by atoms with Crippen molar-refractivity contribution in [3.05, 3.63) is 0 Å². The van der Waals surface area contributed by atoms with Crippen LogP contribution in [0.3, 0.4) is 0 Å². The molecule has 1 aliphatic rings. The lowest BCUT2D eigenvalue weighted by molar-refractivity contribution is -0.0384. The molecule has 0 aliphatic carbocycles. The van der Waals surface area contributed by atoms with Crippen LogP contribution in [-0.2, 0) is 9.47 Å². The van der Waals surface area contributed by atoms with E-state index >= 15 is 0 Å². The van der Waals surface area contributed by atoms with Gasteiger partial charge in [0.25, 0.3) is 0 Å². The molecule has 1 fully saturated rings. The van der Waals surface area contributed by atoms with Gasteiger partial charge < -0.3 is 9.47 Å². The molecule has 1 rings (SSSR count). The Morgan fingerprint density at radius 1 is 1.36 bits per heavy atom. The molecule has 0 bridgehead atoms. The fraction of sp³-hybridized carbons (Fsp3) is 1.00. The monoisotopic (exact) mass is 201 g/mol. The molecule has 1 heterocycles. The molecule has 3 atom stereocenters. The Hall–Kier alpha value is -0.120. The van der Waals surface area contributed by atoms with E-state index in [1.807, 2.05) is 6.92 Å². The molecule has 3 heteroatoms. The Morgan fingerprint density at radius 3 is 2.64 bits per heavy atom. The molecule has 0 aromatic heterocycles. The van der Waals surface area contributed by atoms with Gasteiger partial charge in [-0.25, -0.2) is 0 Å². The van der Waals surface area contributed by atoms with Crippen molar-refractivity contribution >= 4 is 0 Å². The zero-order chi connectivity index (χ0) is 10.6. The van der Waals surface area contributed by atoms with E-state index in [2.05, 4.69) is 25.8 Å². The second-order valence-corrected chi connectivity index (χ2v) is 3.91. The van der Waals surface area contributed by atoms with Crippen LogP contribution >= 0.6 is 0 Å². The van der Waals surface area contributed by atoms with Gasteiger partial charge in [0, 0.05) is 19.8 Å². The topological polar surface area (TPSA) is 21.7 Å². The fourth-order valence-corrected chi connectivity index (χ4v) is 2.35. The minimum atomic E-state index is 0.268. The lowest BCUT2D eigenvalue weighted by Gasteiger charge is -2.30. The van der Waals surface area contributed by atoms with Gasteiger partial charge in [-0.05, 0) is 34.2 Å². The first-order valence-corrected chi connectivity index (χ1v) is 5.64. The molecule has 0 N–H and O–H groups in total. The molecule has 84 valence electrons. The summed E-state index contributed by atoms with van der Waals surface area (Å²) < 4.78 is 11.4. The summed E-state index contributed by atoms with van der Waals surface area (Å²) in [5, 5.41) is 0. The summed E-state index contributed by atoms with van der Waals surface area (Å²) in [6, 6.07) is 0.426. The molecule has 0 unspecified atom stereocenters. The molecule has 14 heavy (non-hydrogen) atoms. The van der Waals surface area contributed by atoms with Crippen LogP contribution in [0.1, 0.15) is 27.2 Å². The van der Waals surface area contributed by atoms with Crippen LogP contribution in [0.2, 0.25) is 0 Å². The van der Waals surface area contributed by atoms with E-state index in [0.717, 1.165) is 26.2 Å². The second-order valence-electron chi connectivity index (χ2n) is 3.91. The lowest BCUT2D eigenvalue weighted by Crippen LogP contribution is -2.43. The number of nitrogens with zero attached hydrogens (tertiary/aromatic N) is 1. The number of ether oxygens (including phenoxy) is 2. The third-order valence-corrected chi connectivity index (χ3v) is 2.95. The molecule has 0 spiro atoms. The zero-order valence-electron chi connectivity index (χ0n) is 9.82. The number of rotatable bonds is 5. The Kier molecular flexibility index (Phi) is 4.85. The standard InChI is InChI=1S/C11H23NO2/c1-5-13-9(3)11-10(14-6-2)7-8-12(11)4/h9-11H,5-8H2,1-4H3/t9-,10-,11+/m0/s1. The molecule has 0 aromatic rings. The SMILES string of the molecule is CCO[C@@H](C)[C@@H]1[C@@H](OCC)CCN1C. The minimum absolute atomic E-state index is 0.268. The summed E-state index contributed by atoms with van der Waals surface area (Å²) in [5.74, 6) is 0. The quantitative estimate of drug-likeness (QED) is 0.673. The van der Waals surface area contributed by atoms with Crippen LogP contribution in [-0.4, -0.2) is 50.0 Å². The predicted molar refractivity (Wildman–Crippen MR) is 57.5 cm³/mol. The summed E-state index contributed by atoms with van der Waals surface area (Å²) in [6.45, 7) is 8.94. The van der Waals surface area contributed by atoms with Crippen molar-refractivity contribution in [2.45, 2.75) is 45.4 Å². The highest BCUT2D eigenvalue weighted by Gasteiger charge is 2.36. The van der Waals surface area contributed by atoms with Crippen molar-refractivity contribution in [3.8, 4) is 0 Å². The molecule has 1 saturated heterocycles. The van der Waals surface area contributed by atoms with Crippen LogP contribution in [0.25, 0.3) is 0 Å². The lowest BCUT2D eigenvalue weighted by atomic mass is 10.1. The van der Waals surface area contributed by atoms with Gasteiger partial charge in [-0.15, -0.1) is 0 Å². The van der Waals surface area contributed by atoms with Crippen molar-refractivity contribution in [2.75, 3.05) is 26.8 Å². The predicted octanol–water partition coefficient (Wildman–Crippen LogP) is 1.52. The third-order valence-electron chi connectivity index (χ3n) is 2.95. The normalized spacial score (nSPS) is 30.9. The van der Waals surface area contributed by atoms with Crippen molar-refractivity contribution in [1.82, 2.24) is 4.90 Å². The van der Waals surface area contributed by atoms with Gasteiger partial charge in [-0.3, -0.25) is 4.90 Å². The second kappa shape index (κ2) is 5.69. The average Bonchev–Trinajstić information content (AvgIpc) is 2.48. The first-order chi connectivity index (χ1) is 6.70. The highest BCUT2D eigenvalue weighted by atomic mass is 16.5. The fourth-order valence-electron chi connectivity index (χ4n) is 2.35. The van der Waals surface area contributed by atoms with E-state index < -0.39 is 0 Å². The maximum absolute atomic E-state index is 5.73. The van der Waals surface area contributed by atoms with Crippen molar-refractivity contribution < 1.29 is 9.47 Å². The molecule has 1 aliphatic heterocycles. The molecule has 0 saturated carbocycles. The molecular formula is C11H23NO2. The highest BCUT2D eigenvalue weighted by molar-refractivity contribution is 4.90. The van der Waals surface area contributed by atoms with Crippen LogP contribution in [0.15, 0.2) is 0 Å². The van der Waals surface area contributed by atoms with Gasteiger partial charge in [0.1, 0.15) is 0 Å². The summed E-state index contributed by atoms with van der Waals surface area (Å²) in [7, 11) is 2.15. The minimum Gasteiger partial charge on any atom is -0.377 e. The molecule has 0 aromatic carbocycles. The molecule has 3 nitrogen and oxygen atoms in total. The number of likely N-dealkylation sites (N-methyl/N-ethyl adjacent to an activating group) is 1. The Bertz CT molecular complexity index is 161. The van der Waals surface area contributed by atoms with Crippen LogP contribution in [0, 0.1) is 0 Å². The zero-order valence-corrected chi connectivity index (χ0v) is 9.82. The Balaban J connectivity index is 2.51. The third kappa shape index (κ3) is 2.69. The van der Waals surface area contributed by atoms with Gasteiger partial charge in [-0.1, -0.05) is 0 Å². The maximum Gasteiger partial charge on any atom is 0.0767 e. The van der Waals surface area contributed by atoms with Crippen LogP contribution < -0.4 is 0 Å². The number of likely N-dealkylation sites (tertiary alicyclic amines) is 1. The van der Waals surface area contributed by atoms with Crippen molar-refractivity contribution in [1.29, 1.82) is 0 Å².